The Morgan fingerprint density at radius 2 is 2.06 bits per heavy atom. The lowest BCUT2D eigenvalue weighted by Gasteiger charge is -2.39. The van der Waals surface area contributed by atoms with E-state index in [2.05, 4.69) is 10.2 Å². The van der Waals surface area contributed by atoms with Gasteiger partial charge in [0.2, 0.25) is 5.91 Å². The Balaban J connectivity index is 1.28. The smallest absolute Gasteiger partial charge is 0.224 e. The van der Waals surface area contributed by atoms with E-state index >= 15 is 0 Å². The van der Waals surface area contributed by atoms with Crippen LogP contribution < -0.4 is 19.5 Å². The molecular formula is C25H31ClN2O5. The molecule has 0 saturated carbocycles. The minimum absolute atomic E-state index is 0.105. The van der Waals surface area contributed by atoms with Crippen molar-refractivity contribution in [1.82, 2.24) is 10.2 Å². The highest BCUT2D eigenvalue weighted by Gasteiger charge is 2.42. The molecule has 2 aromatic rings. The molecule has 0 aliphatic carbocycles. The number of ether oxygens (including phenoxy) is 3. The quantitative estimate of drug-likeness (QED) is 0.612. The summed E-state index contributed by atoms with van der Waals surface area (Å²) in [5, 5.41) is 14.0. The van der Waals surface area contributed by atoms with E-state index in [1.807, 2.05) is 24.3 Å². The number of aliphatic hydroxyl groups is 1. The summed E-state index contributed by atoms with van der Waals surface area (Å²) in [5.74, 6) is 2.02. The number of aliphatic hydroxyl groups excluding tert-OH is 1. The molecular weight excluding hydrogens is 444 g/mol. The number of nitrogens with zero attached hydrogens (tertiary/aromatic N) is 1. The Kier molecular flexibility index (Phi) is 7.32. The summed E-state index contributed by atoms with van der Waals surface area (Å²) in [6.07, 6.45) is 2.23. The van der Waals surface area contributed by atoms with Gasteiger partial charge in [0.25, 0.3) is 0 Å². The van der Waals surface area contributed by atoms with Crippen LogP contribution in [0.2, 0.25) is 5.02 Å². The van der Waals surface area contributed by atoms with Gasteiger partial charge in [-0.3, -0.25) is 4.79 Å². The van der Waals surface area contributed by atoms with E-state index < -0.39 is 6.10 Å². The van der Waals surface area contributed by atoms with Crippen molar-refractivity contribution >= 4 is 17.5 Å². The van der Waals surface area contributed by atoms with Gasteiger partial charge in [0.15, 0.2) is 0 Å². The SMILES string of the molecule is CNC(=O)Cc1ccc(OC)cc1OC[C@H](O)CN1CCC2(CC1)Cc1cc(Cl)ccc1O2. The van der Waals surface area contributed by atoms with E-state index in [1.165, 1.54) is 5.56 Å². The molecule has 2 heterocycles. The Hall–Kier alpha value is -2.48. The first kappa shape index (κ1) is 23.7. The molecule has 2 aliphatic rings. The number of amides is 1. The summed E-state index contributed by atoms with van der Waals surface area (Å²) in [6.45, 7) is 2.35. The minimum Gasteiger partial charge on any atom is -0.497 e. The summed E-state index contributed by atoms with van der Waals surface area (Å²) in [6, 6.07) is 11.2. The molecule has 4 rings (SSSR count). The highest BCUT2D eigenvalue weighted by atomic mass is 35.5. The predicted molar refractivity (Wildman–Crippen MR) is 126 cm³/mol. The fourth-order valence-corrected chi connectivity index (χ4v) is 4.76. The Bertz CT molecular complexity index is 991. The number of halogens is 1. The standard InChI is InChI=1S/C25H31ClN2O5/c1-27-24(30)12-17-3-5-21(31-2)13-23(17)32-16-20(29)15-28-9-7-25(8-10-28)14-18-11-19(26)4-6-22(18)33-25/h3-6,11,13,20,29H,7-10,12,14-16H2,1-2H3,(H,27,30)/t20-/m1/s1. The number of rotatable bonds is 8. The average Bonchev–Trinajstić information content (AvgIpc) is 3.16. The maximum Gasteiger partial charge on any atom is 0.224 e. The fraction of sp³-hybridized carbons (Fsp3) is 0.480. The summed E-state index contributed by atoms with van der Waals surface area (Å²) < 4.78 is 17.5. The molecule has 0 radical (unpaired) electrons. The largest absolute Gasteiger partial charge is 0.497 e. The second kappa shape index (κ2) is 10.2. The Morgan fingerprint density at radius 3 is 2.79 bits per heavy atom. The maximum atomic E-state index is 11.8. The van der Waals surface area contributed by atoms with Crippen molar-refractivity contribution < 1.29 is 24.1 Å². The first-order valence-electron chi connectivity index (χ1n) is 11.3. The second-order valence-electron chi connectivity index (χ2n) is 8.80. The van der Waals surface area contributed by atoms with E-state index in [9.17, 15) is 9.90 Å². The molecule has 0 unspecified atom stereocenters. The number of nitrogens with one attached hydrogen (secondary N) is 1. The van der Waals surface area contributed by atoms with Crippen LogP contribution in [-0.4, -0.2) is 68.0 Å². The van der Waals surface area contributed by atoms with Crippen molar-refractivity contribution in [1.29, 1.82) is 0 Å². The number of piperidine rings is 1. The van der Waals surface area contributed by atoms with Gasteiger partial charge in [-0.25, -0.2) is 0 Å². The predicted octanol–water partition coefficient (Wildman–Crippen LogP) is 2.85. The highest BCUT2D eigenvalue weighted by molar-refractivity contribution is 6.30. The number of benzene rings is 2. The lowest BCUT2D eigenvalue weighted by atomic mass is 9.87. The molecule has 0 bridgehead atoms. The number of β-amino-alcohol motifs (C(OH)–C–C–N with tert-alkyl or cyclic N) is 1. The van der Waals surface area contributed by atoms with Crippen LogP contribution in [0.3, 0.4) is 0 Å². The van der Waals surface area contributed by atoms with Crippen molar-refractivity contribution in [2.24, 2.45) is 0 Å². The molecule has 1 spiro atoms. The molecule has 178 valence electrons. The van der Waals surface area contributed by atoms with E-state index in [0.29, 0.717) is 18.0 Å². The van der Waals surface area contributed by atoms with Crippen LogP contribution in [-0.2, 0) is 17.6 Å². The van der Waals surface area contributed by atoms with Gasteiger partial charge in [0.1, 0.15) is 35.6 Å². The third-order valence-corrected chi connectivity index (χ3v) is 6.67. The highest BCUT2D eigenvalue weighted by Crippen LogP contribution is 2.42. The molecule has 8 heteroatoms. The topological polar surface area (TPSA) is 80.3 Å². The van der Waals surface area contributed by atoms with Gasteiger partial charge in [-0.1, -0.05) is 17.7 Å². The normalized spacial score (nSPS) is 17.8. The van der Waals surface area contributed by atoms with E-state index in [1.54, 1.807) is 26.3 Å². The van der Waals surface area contributed by atoms with Gasteiger partial charge in [0, 0.05) is 62.6 Å². The second-order valence-corrected chi connectivity index (χ2v) is 9.24. The maximum absolute atomic E-state index is 11.8. The minimum atomic E-state index is -0.654. The Labute approximate surface area is 199 Å². The van der Waals surface area contributed by atoms with Crippen molar-refractivity contribution in [3.8, 4) is 17.2 Å². The van der Waals surface area contributed by atoms with Gasteiger partial charge in [-0.15, -0.1) is 0 Å². The van der Waals surface area contributed by atoms with E-state index in [4.69, 9.17) is 25.8 Å². The van der Waals surface area contributed by atoms with Crippen LogP contribution in [0.25, 0.3) is 0 Å². The number of methoxy groups -OCH3 is 1. The summed E-state index contributed by atoms with van der Waals surface area (Å²) >= 11 is 6.13. The lowest BCUT2D eigenvalue weighted by molar-refractivity contribution is -0.119. The van der Waals surface area contributed by atoms with Crippen LogP contribution >= 0.6 is 11.6 Å². The number of carbonyl (C=O) groups excluding carboxylic acids is 1. The number of likely N-dealkylation sites (N-methyl/N-ethyl adjacent to an activating group) is 1. The molecule has 1 atom stereocenters. The van der Waals surface area contributed by atoms with Crippen molar-refractivity contribution in [3.63, 3.8) is 0 Å². The molecule has 2 N–H and O–H groups in total. The lowest BCUT2D eigenvalue weighted by Crippen LogP contribution is -2.49. The monoisotopic (exact) mass is 474 g/mol. The molecule has 1 saturated heterocycles. The number of likely N-dealkylation sites (tertiary alicyclic amines) is 1. The third-order valence-electron chi connectivity index (χ3n) is 6.43. The van der Waals surface area contributed by atoms with Gasteiger partial charge in [0.05, 0.1) is 13.5 Å². The molecule has 2 aromatic carbocycles. The molecule has 2 aliphatic heterocycles. The van der Waals surface area contributed by atoms with Gasteiger partial charge < -0.3 is 29.5 Å². The molecule has 7 nitrogen and oxygen atoms in total. The van der Waals surface area contributed by atoms with Crippen LogP contribution in [0.1, 0.15) is 24.0 Å². The number of carbonyl (C=O) groups is 1. The number of hydrogen-bond acceptors (Lipinski definition) is 6. The van der Waals surface area contributed by atoms with Gasteiger partial charge in [-0.05, 0) is 29.8 Å². The zero-order valence-electron chi connectivity index (χ0n) is 19.1. The fourth-order valence-electron chi connectivity index (χ4n) is 4.56. The van der Waals surface area contributed by atoms with Crippen LogP contribution in [0.4, 0.5) is 0 Å². The Morgan fingerprint density at radius 1 is 1.27 bits per heavy atom. The summed E-state index contributed by atoms with van der Waals surface area (Å²) in [7, 11) is 3.18. The first-order chi connectivity index (χ1) is 15.9. The van der Waals surface area contributed by atoms with E-state index in [0.717, 1.165) is 48.7 Å². The summed E-state index contributed by atoms with van der Waals surface area (Å²) in [5.41, 5.74) is 1.76. The molecule has 33 heavy (non-hydrogen) atoms. The van der Waals surface area contributed by atoms with Gasteiger partial charge in [-0.2, -0.15) is 0 Å². The van der Waals surface area contributed by atoms with Gasteiger partial charge >= 0.3 is 0 Å². The zero-order valence-corrected chi connectivity index (χ0v) is 19.9. The van der Waals surface area contributed by atoms with Crippen molar-refractivity contribution in [2.75, 3.05) is 40.4 Å². The zero-order chi connectivity index (χ0) is 23.4. The molecule has 1 fully saturated rings. The number of fused-ring (bicyclic) bond motifs is 1. The molecule has 1 amide bonds. The number of hydrogen-bond donors (Lipinski definition) is 2. The van der Waals surface area contributed by atoms with Crippen LogP contribution in [0.15, 0.2) is 36.4 Å². The van der Waals surface area contributed by atoms with Crippen molar-refractivity contribution in [2.45, 2.75) is 37.4 Å². The van der Waals surface area contributed by atoms with Crippen LogP contribution in [0.5, 0.6) is 17.2 Å². The molecule has 0 aromatic heterocycles. The van der Waals surface area contributed by atoms with E-state index in [-0.39, 0.29) is 24.5 Å². The van der Waals surface area contributed by atoms with Crippen LogP contribution in [0, 0.1) is 0 Å². The third kappa shape index (κ3) is 5.72. The van der Waals surface area contributed by atoms with Crippen molar-refractivity contribution in [3.05, 3.63) is 52.5 Å². The first-order valence-corrected chi connectivity index (χ1v) is 11.7. The summed E-state index contributed by atoms with van der Waals surface area (Å²) in [4.78, 5) is 14.1. The average molecular weight is 475 g/mol.